The van der Waals surface area contributed by atoms with E-state index in [4.69, 9.17) is 13.9 Å². The quantitative estimate of drug-likeness (QED) is 0.865. The van der Waals surface area contributed by atoms with E-state index in [1.165, 1.54) is 0 Å². The zero-order chi connectivity index (χ0) is 16.4. The molecule has 23 heavy (non-hydrogen) atoms. The van der Waals surface area contributed by atoms with E-state index in [0.717, 1.165) is 18.4 Å². The monoisotopic (exact) mass is 318 g/mol. The van der Waals surface area contributed by atoms with Gasteiger partial charge < -0.3 is 18.8 Å². The summed E-state index contributed by atoms with van der Waals surface area (Å²) >= 11 is 0. The van der Waals surface area contributed by atoms with E-state index in [1.807, 2.05) is 45.0 Å². The number of aromatic nitrogens is 1. The third-order valence-corrected chi connectivity index (χ3v) is 3.68. The smallest absolute Gasteiger partial charge is 0.410 e. The van der Waals surface area contributed by atoms with Gasteiger partial charge in [0.25, 0.3) is 0 Å². The molecule has 0 radical (unpaired) electrons. The number of hydrogen-bond acceptors (Lipinski definition) is 5. The average molecular weight is 318 g/mol. The number of benzene rings is 1. The molecule has 0 bridgehead atoms. The van der Waals surface area contributed by atoms with E-state index in [-0.39, 0.29) is 18.2 Å². The fraction of sp³-hybridized carbons (Fsp3) is 0.529. The number of amides is 1. The first-order chi connectivity index (χ1) is 10.9. The van der Waals surface area contributed by atoms with Crippen LogP contribution in [-0.4, -0.2) is 40.8 Å². The molecule has 6 heteroatoms. The normalized spacial score (nSPS) is 18.4. The Hall–Kier alpha value is -2.24. The summed E-state index contributed by atoms with van der Waals surface area (Å²) < 4.78 is 16.6. The van der Waals surface area contributed by atoms with Gasteiger partial charge in [0.2, 0.25) is 0 Å². The van der Waals surface area contributed by atoms with Crippen LogP contribution < -0.4 is 4.74 Å². The molecular weight excluding hydrogens is 296 g/mol. The van der Waals surface area contributed by atoms with Crippen LogP contribution >= 0.6 is 0 Å². The number of para-hydroxylation sites is 2. The lowest BCUT2D eigenvalue weighted by Crippen LogP contribution is -2.42. The second-order valence-corrected chi connectivity index (χ2v) is 6.73. The molecule has 2 heterocycles. The Kier molecular flexibility index (Phi) is 4.15. The lowest BCUT2D eigenvalue weighted by atomic mass is 10.2. The molecule has 1 aromatic heterocycles. The topological polar surface area (TPSA) is 64.8 Å². The summed E-state index contributed by atoms with van der Waals surface area (Å²) in [4.78, 5) is 18.2. The Morgan fingerprint density at radius 2 is 2.17 bits per heavy atom. The van der Waals surface area contributed by atoms with Crippen LogP contribution in [0.25, 0.3) is 11.1 Å². The summed E-state index contributed by atoms with van der Waals surface area (Å²) in [7, 11) is 0. The number of ether oxygens (including phenoxy) is 2. The molecule has 1 aliphatic heterocycles. The summed E-state index contributed by atoms with van der Waals surface area (Å²) in [6, 6.07) is 7.49. The first-order valence-corrected chi connectivity index (χ1v) is 7.90. The van der Waals surface area contributed by atoms with Crippen molar-refractivity contribution >= 4 is 17.2 Å². The minimum absolute atomic E-state index is 0.0140. The van der Waals surface area contributed by atoms with Crippen LogP contribution in [0.3, 0.4) is 0 Å². The zero-order valence-electron chi connectivity index (χ0n) is 13.7. The van der Waals surface area contributed by atoms with Crippen molar-refractivity contribution in [2.75, 3.05) is 13.2 Å². The van der Waals surface area contributed by atoms with Crippen LogP contribution in [-0.2, 0) is 4.74 Å². The van der Waals surface area contributed by atoms with E-state index >= 15 is 0 Å². The average Bonchev–Trinajstić information content (AvgIpc) is 3.09. The SMILES string of the molecule is CC(C)(C)OC(=O)N1CCCC1COc1nc2ccccc2o1. The minimum Gasteiger partial charge on any atom is -0.448 e. The molecular formula is C17H22N2O4. The standard InChI is InChI=1S/C17H22N2O4/c1-17(2,3)23-16(20)19-10-6-7-12(19)11-21-15-18-13-8-4-5-9-14(13)22-15/h4-5,8-9,12H,6-7,10-11H2,1-3H3. The summed E-state index contributed by atoms with van der Waals surface area (Å²) in [5.41, 5.74) is 0.960. The third kappa shape index (κ3) is 3.75. The van der Waals surface area contributed by atoms with E-state index in [9.17, 15) is 4.79 Å². The lowest BCUT2D eigenvalue weighted by molar-refractivity contribution is 0.0176. The summed E-state index contributed by atoms with van der Waals surface area (Å²) in [5, 5.41) is 0. The van der Waals surface area contributed by atoms with Crippen molar-refractivity contribution in [1.29, 1.82) is 0 Å². The highest BCUT2D eigenvalue weighted by Gasteiger charge is 2.32. The van der Waals surface area contributed by atoms with Crippen molar-refractivity contribution in [1.82, 2.24) is 9.88 Å². The maximum absolute atomic E-state index is 12.2. The van der Waals surface area contributed by atoms with E-state index in [1.54, 1.807) is 4.90 Å². The van der Waals surface area contributed by atoms with Crippen molar-refractivity contribution in [2.45, 2.75) is 45.3 Å². The van der Waals surface area contributed by atoms with Gasteiger partial charge in [0.1, 0.15) is 17.7 Å². The summed E-state index contributed by atoms with van der Waals surface area (Å²) in [6.07, 6.45) is 1.78. The van der Waals surface area contributed by atoms with Crippen molar-refractivity contribution < 1.29 is 18.7 Å². The van der Waals surface area contributed by atoms with Gasteiger partial charge in [0.05, 0.1) is 6.04 Å². The van der Waals surface area contributed by atoms with Gasteiger partial charge in [-0.3, -0.25) is 0 Å². The molecule has 6 nitrogen and oxygen atoms in total. The van der Waals surface area contributed by atoms with Gasteiger partial charge in [-0.15, -0.1) is 0 Å². The van der Waals surface area contributed by atoms with Crippen LogP contribution in [0.15, 0.2) is 28.7 Å². The molecule has 1 atom stereocenters. The first kappa shape index (κ1) is 15.6. The Bertz CT molecular complexity index is 656. The third-order valence-electron chi connectivity index (χ3n) is 3.68. The summed E-state index contributed by atoms with van der Waals surface area (Å²) in [6.45, 7) is 6.64. The molecule has 1 amide bonds. The largest absolute Gasteiger partial charge is 0.448 e. The van der Waals surface area contributed by atoms with E-state index < -0.39 is 5.60 Å². The van der Waals surface area contributed by atoms with Gasteiger partial charge >= 0.3 is 12.2 Å². The number of carbonyl (C=O) groups is 1. The molecule has 0 spiro atoms. The molecule has 0 N–H and O–H groups in total. The highest BCUT2D eigenvalue weighted by atomic mass is 16.6. The van der Waals surface area contributed by atoms with Gasteiger partial charge in [-0.1, -0.05) is 12.1 Å². The fourth-order valence-electron chi connectivity index (χ4n) is 2.65. The van der Waals surface area contributed by atoms with Gasteiger partial charge in [-0.2, -0.15) is 4.98 Å². The Balaban J connectivity index is 1.61. The highest BCUT2D eigenvalue weighted by Crippen LogP contribution is 2.24. The molecule has 2 aromatic rings. The fourth-order valence-corrected chi connectivity index (χ4v) is 2.65. The molecule has 1 fully saturated rings. The molecule has 0 aliphatic carbocycles. The number of fused-ring (bicyclic) bond motifs is 1. The zero-order valence-corrected chi connectivity index (χ0v) is 13.7. The van der Waals surface area contributed by atoms with E-state index in [0.29, 0.717) is 18.7 Å². The Labute approximate surface area is 135 Å². The predicted molar refractivity (Wildman–Crippen MR) is 85.5 cm³/mol. The van der Waals surface area contributed by atoms with Crippen molar-refractivity contribution in [2.24, 2.45) is 0 Å². The first-order valence-electron chi connectivity index (χ1n) is 7.90. The second kappa shape index (κ2) is 6.10. The number of carbonyl (C=O) groups excluding carboxylic acids is 1. The Morgan fingerprint density at radius 3 is 2.91 bits per heavy atom. The molecule has 1 saturated heterocycles. The number of oxazole rings is 1. The maximum Gasteiger partial charge on any atom is 0.410 e. The van der Waals surface area contributed by atoms with Gasteiger partial charge in [-0.05, 0) is 45.7 Å². The minimum atomic E-state index is -0.495. The van der Waals surface area contributed by atoms with Crippen molar-refractivity contribution in [3.8, 4) is 6.08 Å². The van der Waals surface area contributed by atoms with Crippen molar-refractivity contribution in [3.05, 3.63) is 24.3 Å². The van der Waals surface area contributed by atoms with Gasteiger partial charge in [0.15, 0.2) is 5.58 Å². The molecule has 1 aromatic carbocycles. The van der Waals surface area contributed by atoms with Crippen LogP contribution in [0.1, 0.15) is 33.6 Å². The van der Waals surface area contributed by atoms with Gasteiger partial charge in [0, 0.05) is 6.54 Å². The van der Waals surface area contributed by atoms with E-state index in [2.05, 4.69) is 4.98 Å². The maximum atomic E-state index is 12.2. The molecule has 1 aliphatic rings. The van der Waals surface area contributed by atoms with Gasteiger partial charge in [-0.25, -0.2) is 4.79 Å². The molecule has 0 saturated carbocycles. The lowest BCUT2D eigenvalue weighted by Gasteiger charge is -2.28. The molecule has 3 rings (SSSR count). The van der Waals surface area contributed by atoms with Crippen LogP contribution in [0, 0.1) is 0 Å². The van der Waals surface area contributed by atoms with Crippen LogP contribution in [0.2, 0.25) is 0 Å². The van der Waals surface area contributed by atoms with Crippen molar-refractivity contribution in [3.63, 3.8) is 0 Å². The molecule has 1 unspecified atom stereocenters. The van der Waals surface area contributed by atoms with Crippen LogP contribution in [0.5, 0.6) is 6.08 Å². The second-order valence-electron chi connectivity index (χ2n) is 6.73. The number of likely N-dealkylation sites (tertiary alicyclic amines) is 1. The highest BCUT2D eigenvalue weighted by molar-refractivity contribution is 5.72. The van der Waals surface area contributed by atoms with Crippen LogP contribution in [0.4, 0.5) is 4.79 Å². The number of rotatable bonds is 3. The predicted octanol–water partition coefficient (Wildman–Crippen LogP) is 3.61. The Morgan fingerprint density at radius 1 is 1.39 bits per heavy atom. The molecule has 124 valence electrons. The number of nitrogens with zero attached hydrogens (tertiary/aromatic N) is 2. The summed E-state index contributed by atoms with van der Waals surface area (Å²) in [5.74, 6) is 0. The number of hydrogen-bond donors (Lipinski definition) is 0.